The number of hydrogen-bond acceptors (Lipinski definition) is 7. The molecular formula is C21H24N6O3. The zero-order valence-corrected chi connectivity index (χ0v) is 17.0. The molecule has 1 aliphatic heterocycles. The summed E-state index contributed by atoms with van der Waals surface area (Å²) in [7, 11) is 1.59. The second-order valence-electron chi connectivity index (χ2n) is 7.07. The molecule has 0 bridgehead atoms. The number of nitrogens with zero attached hydrogens (tertiary/aromatic N) is 4. The third-order valence-corrected chi connectivity index (χ3v) is 4.75. The van der Waals surface area contributed by atoms with E-state index in [0.29, 0.717) is 24.6 Å². The van der Waals surface area contributed by atoms with Gasteiger partial charge in [-0.15, -0.1) is 6.58 Å². The van der Waals surface area contributed by atoms with Crippen molar-refractivity contribution < 1.29 is 14.3 Å². The quantitative estimate of drug-likeness (QED) is 0.534. The normalized spacial score (nSPS) is 18.5. The van der Waals surface area contributed by atoms with Crippen molar-refractivity contribution >= 4 is 23.5 Å². The summed E-state index contributed by atoms with van der Waals surface area (Å²) in [6.45, 7) is 5.90. The zero-order chi connectivity index (χ0) is 21.7. The molecule has 30 heavy (non-hydrogen) atoms. The van der Waals surface area contributed by atoms with Crippen LogP contribution in [0.3, 0.4) is 0 Å². The Morgan fingerprint density at radius 1 is 1.40 bits per heavy atom. The Hall–Kier alpha value is -3.75. The van der Waals surface area contributed by atoms with Gasteiger partial charge in [-0.3, -0.25) is 14.5 Å². The lowest BCUT2D eigenvalue weighted by molar-refractivity contribution is -0.128. The number of rotatable bonds is 7. The molecule has 2 heterocycles. The summed E-state index contributed by atoms with van der Waals surface area (Å²) in [5, 5.41) is 2.79. The second-order valence-corrected chi connectivity index (χ2v) is 7.07. The molecule has 3 N–H and O–H groups in total. The number of aliphatic imine (C=N–C) groups is 1. The summed E-state index contributed by atoms with van der Waals surface area (Å²) < 4.78 is 5.39. The van der Waals surface area contributed by atoms with E-state index < -0.39 is 11.4 Å². The summed E-state index contributed by atoms with van der Waals surface area (Å²) in [6.07, 6.45) is 5.36. The number of carbonyl (C=O) groups is 2. The van der Waals surface area contributed by atoms with Gasteiger partial charge in [0.2, 0.25) is 11.8 Å². The molecule has 9 nitrogen and oxygen atoms in total. The zero-order valence-electron chi connectivity index (χ0n) is 17.0. The Kier molecular flexibility index (Phi) is 6.10. The number of carbonyl (C=O) groups excluding carboxylic acids is 2. The van der Waals surface area contributed by atoms with Gasteiger partial charge in [0.1, 0.15) is 5.69 Å². The molecule has 1 aromatic carbocycles. The third-order valence-electron chi connectivity index (χ3n) is 4.75. The average Bonchev–Trinajstić information content (AvgIpc) is 2.73. The fourth-order valence-corrected chi connectivity index (χ4v) is 2.96. The Bertz CT molecular complexity index is 988. The van der Waals surface area contributed by atoms with Gasteiger partial charge in [0.05, 0.1) is 31.0 Å². The first-order valence-electron chi connectivity index (χ1n) is 9.42. The number of aromatic nitrogens is 2. The van der Waals surface area contributed by atoms with E-state index in [0.717, 1.165) is 5.56 Å². The number of benzene rings is 1. The molecule has 1 unspecified atom stereocenters. The van der Waals surface area contributed by atoms with Gasteiger partial charge in [-0.2, -0.15) is 0 Å². The molecular weight excluding hydrogens is 384 g/mol. The van der Waals surface area contributed by atoms with Crippen molar-refractivity contribution in [1.82, 2.24) is 14.9 Å². The number of hydrogen-bond donors (Lipinski definition) is 2. The van der Waals surface area contributed by atoms with Gasteiger partial charge in [-0.25, -0.2) is 15.0 Å². The Morgan fingerprint density at radius 3 is 2.87 bits per heavy atom. The van der Waals surface area contributed by atoms with Crippen LogP contribution in [-0.2, 0) is 10.3 Å². The number of nitrogens with one attached hydrogen (secondary N) is 1. The molecule has 0 spiro atoms. The van der Waals surface area contributed by atoms with Crippen LogP contribution in [0.15, 0.2) is 54.3 Å². The summed E-state index contributed by atoms with van der Waals surface area (Å²) in [6, 6.07) is 7.15. The van der Waals surface area contributed by atoms with E-state index in [4.69, 9.17) is 10.5 Å². The maximum Gasteiger partial charge on any atom is 0.275 e. The smallest absolute Gasteiger partial charge is 0.275 e. The monoisotopic (exact) mass is 408 g/mol. The standard InChI is InChI=1S/C21H24N6O3/c1-4-5-9-30-17-13-23-16(12-24-17)19(29)25-15-8-6-7-14(10-15)21(2)11-18(28)27(3)20(22)26-21/h4,6-8,10,12-13H,1,5,9,11H2,2-3H3,(H2,22,26)(H,25,29). The molecule has 1 aliphatic rings. The van der Waals surface area contributed by atoms with Crippen LogP contribution in [-0.4, -0.2) is 46.3 Å². The highest BCUT2D eigenvalue weighted by molar-refractivity contribution is 6.03. The summed E-state index contributed by atoms with van der Waals surface area (Å²) in [5.41, 5.74) is 6.54. The van der Waals surface area contributed by atoms with Crippen molar-refractivity contribution in [3.05, 3.63) is 60.6 Å². The minimum Gasteiger partial charge on any atom is -0.476 e. The van der Waals surface area contributed by atoms with Gasteiger partial charge >= 0.3 is 0 Å². The van der Waals surface area contributed by atoms with Crippen LogP contribution in [0.25, 0.3) is 0 Å². The molecule has 0 aliphatic carbocycles. The minimum absolute atomic E-state index is 0.120. The fourth-order valence-electron chi connectivity index (χ4n) is 2.96. The van der Waals surface area contributed by atoms with Gasteiger partial charge < -0.3 is 15.8 Å². The maximum absolute atomic E-state index is 12.5. The van der Waals surface area contributed by atoms with Crippen molar-refractivity contribution in [2.75, 3.05) is 19.0 Å². The number of anilines is 1. The average molecular weight is 408 g/mol. The molecule has 1 aromatic heterocycles. The lowest BCUT2D eigenvalue weighted by Crippen LogP contribution is -2.47. The van der Waals surface area contributed by atoms with E-state index >= 15 is 0 Å². The third kappa shape index (κ3) is 4.62. The van der Waals surface area contributed by atoms with Crippen LogP contribution in [0.4, 0.5) is 5.69 Å². The van der Waals surface area contributed by atoms with Crippen LogP contribution < -0.4 is 15.8 Å². The van der Waals surface area contributed by atoms with Gasteiger partial charge in [-0.05, 0) is 31.0 Å². The van der Waals surface area contributed by atoms with E-state index in [9.17, 15) is 9.59 Å². The maximum atomic E-state index is 12.5. The van der Waals surface area contributed by atoms with Crippen LogP contribution >= 0.6 is 0 Å². The predicted molar refractivity (Wildman–Crippen MR) is 113 cm³/mol. The highest BCUT2D eigenvalue weighted by Gasteiger charge is 2.36. The van der Waals surface area contributed by atoms with Gasteiger partial charge in [-0.1, -0.05) is 18.2 Å². The molecule has 2 aromatic rings. The lowest BCUT2D eigenvalue weighted by Gasteiger charge is -2.33. The van der Waals surface area contributed by atoms with E-state index in [-0.39, 0.29) is 24.0 Å². The molecule has 1 atom stereocenters. The van der Waals surface area contributed by atoms with Crippen molar-refractivity contribution in [2.45, 2.75) is 25.3 Å². The minimum atomic E-state index is -0.807. The first kappa shape index (κ1) is 21.0. The number of nitrogens with two attached hydrogens (primary N) is 1. The fraction of sp³-hybridized carbons (Fsp3) is 0.286. The van der Waals surface area contributed by atoms with Crippen molar-refractivity contribution in [3.63, 3.8) is 0 Å². The van der Waals surface area contributed by atoms with E-state index in [1.165, 1.54) is 17.3 Å². The number of ether oxygens (including phenoxy) is 1. The lowest BCUT2D eigenvalue weighted by atomic mass is 9.87. The Balaban J connectivity index is 1.73. The molecule has 0 saturated carbocycles. The molecule has 0 saturated heterocycles. The second kappa shape index (κ2) is 8.73. The highest BCUT2D eigenvalue weighted by atomic mass is 16.5. The molecule has 3 rings (SSSR count). The molecule has 0 radical (unpaired) electrons. The SMILES string of the molecule is C=CCCOc1cnc(C(=O)Nc2cccc(C3(C)CC(=O)N(C)C(N)=N3)c2)cn1. The van der Waals surface area contributed by atoms with E-state index in [1.54, 1.807) is 31.3 Å². The molecule has 9 heteroatoms. The van der Waals surface area contributed by atoms with Crippen LogP contribution in [0.5, 0.6) is 5.88 Å². The summed E-state index contributed by atoms with van der Waals surface area (Å²) >= 11 is 0. The van der Waals surface area contributed by atoms with Crippen LogP contribution in [0, 0.1) is 0 Å². The first-order chi connectivity index (χ1) is 14.3. The van der Waals surface area contributed by atoms with Crippen molar-refractivity contribution in [3.8, 4) is 5.88 Å². The van der Waals surface area contributed by atoms with Gasteiger partial charge in [0.15, 0.2) is 5.96 Å². The Morgan fingerprint density at radius 2 is 2.20 bits per heavy atom. The Labute approximate surface area is 174 Å². The predicted octanol–water partition coefficient (Wildman–Crippen LogP) is 2.08. The van der Waals surface area contributed by atoms with Crippen molar-refractivity contribution in [2.24, 2.45) is 10.7 Å². The topological polar surface area (TPSA) is 123 Å². The number of amides is 2. The highest BCUT2D eigenvalue weighted by Crippen LogP contribution is 2.34. The summed E-state index contributed by atoms with van der Waals surface area (Å²) in [4.78, 5) is 38.7. The van der Waals surface area contributed by atoms with Crippen LogP contribution in [0.2, 0.25) is 0 Å². The largest absolute Gasteiger partial charge is 0.476 e. The van der Waals surface area contributed by atoms with Crippen LogP contribution in [0.1, 0.15) is 35.8 Å². The number of guanidine groups is 1. The van der Waals surface area contributed by atoms with E-state index in [1.807, 2.05) is 13.0 Å². The molecule has 156 valence electrons. The molecule has 0 fully saturated rings. The van der Waals surface area contributed by atoms with Gasteiger partial charge in [0, 0.05) is 12.7 Å². The van der Waals surface area contributed by atoms with Gasteiger partial charge in [0.25, 0.3) is 5.91 Å². The first-order valence-corrected chi connectivity index (χ1v) is 9.42. The van der Waals surface area contributed by atoms with E-state index in [2.05, 4.69) is 26.9 Å². The van der Waals surface area contributed by atoms with Crippen molar-refractivity contribution in [1.29, 1.82) is 0 Å². The summed E-state index contributed by atoms with van der Waals surface area (Å²) in [5.74, 6) is -0.0328. The molecule has 2 amide bonds.